The number of carboxylic acid groups (broad SMARTS) is 1. The maximum Gasteiger partial charge on any atom is 0.321 e. The summed E-state index contributed by atoms with van der Waals surface area (Å²) in [6.45, 7) is 1.19. The minimum absolute atomic E-state index is 0.0796. The topological polar surface area (TPSA) is 172 Å². The number of nitrogens with one attached hydrogen (secondary N) is 3. The Kier molecular flexibility index (Phi) is 8.07. The summed E-state index contributed by atoms with van der Waals surface area (Å²) in [6, 6.07) is 17.4. The first-order valence-corrected chi connectivity index (χ1v) is 12.3. The third-order valence-electron chi connectivity index (χ3n) is 5.27. The van der Waals surface area contributed by atoms with Crippen molar-refractivity contribution < 1.29 is 27.9 Å². The average Bonchev–Trinajstić information content (AvgIpc) is 2.84. The van der Waals surface area contributed by atoms with Crippen LogP contribution < -0.4 is 20.5 Å². The number of nitrogens with two attached hydrogens (primary N) is 1. The number of amidine groups is 1. The minimum Gasteiger partial charge on any atom is -0.493 e. The largest absolute Gasteiger partial charge is 0.493 e. The predicted octanol–water partition coefficient (Wildman–Crippen LogP) is 2.58. The molecule has 6 N–H and O–H groups in total. The van der Waals surface area contributed by atoms with E-state index < -0.39 is 27.9 Å². The number of ether oxygens (including phenoxy) is 1. The van der Waals surface area contributed by atoms with Gasteiger partial charge in [-0.3, -0.25) is 15.0 Å². The fourth-order valence-corrected chi connectivity index (χ4v) is 4.94. The van der Waals surface area contributed by atoms with Gasteiger partial charge in [-0.25, -0.2) is 8.42 Å². The van der Waals surface area contributed by atoms with E-state index in [1.165, 1.54) is 32.2 Å². The Morgan fingerprint density at radius 3 is 2.39 bits per heavy atom. The maximum atomic E-state index is 12.8. The molecular formula is C25H26N4O6S. The molecule has 3 aromatic rings. The first-order valence-electron chi connectivity index (χ1n) is 10.8. The van der Waals surface area contributed by atoms with Crippen LogP contribution in [0.2, 0.25) is 0 Å². The van der Waals surface area contributed by atoms with Crippen LogP contribution in [0, 0.1) is 5.41 Å². The van der Waals surface area contributed by atoms with Gasteiger partial charge in [0.05, 0.1) is 19.2 Å². The Bertz CT molecular complexity index is 1410. The van der Waals surface area contributed by atoms with E-state index in [-0.39, 0.29) is 28.6 Å². The zero-order valence-electron chi connectivity index (χ0n) is 19.6. The molecule has 0 bridgehead atoms. The highest BCUT2D eigenvalue weighted by Gasteiger charge is 2.26. The Hall–Kier alpha value is -4.22. The van der Waals surface area contributed by atoms with Crippen molar-refractivity contribution in [3.63, 3.8) is 0 Å². The van der Waals surface area contributed by atoms with E-state index in [4.69, 9.17) is 21.0 Å². The molecule has 0 spiro atoms. The Morgan fingerprint density at radius 1 is 1.08 bits per heavy atom. The summed E-state index contributed by atoms with van der Waals surface area (Å²) in [4.78, 5) is 23.6. The van der Waals surface area contributed by atoms with Gasteiger partial charge in [-0.2, -0.15) is 4.72 Å². The van der Waals surface area contributed by atoms with Crippen molar-refractivity contribution in [2.24, 2.45) is 5.73 Å². The first kappa shape index (κ1) is 26.4. The molecule has 0 heterocycles. The van der Waals surface area contributed by atoms with Crippen molar-refractivity contribution in [3.05, 3.63) is 77.9 Å². The molecule has 0 radical (unpaired) electrons. The molecule has 11 heteroatoms. The Balaban J connectivity index is 1.85. The van der Waals surface area contributed by atoms with E-state index >= 15 is 0 Å². The molecule has 0 aliphatic rings. The summed E-state index contributed by atoms with van der Waals surface area (Å²) < 4.78 is 32.7. The van der Waals surface area contributed by atoms with Gasteiger partial charge in [0.25, 0.3) is 0 Å². The zero-order valence-corrected chi connectivity index (χ0v) is 20.4. The maximum absolute atomic E-state index is 12.8. The third-order valence-corrected chi connectivity index (χ3v) is 6.84. The molecule has 3 rings (SSSR count). The highest BCUT2D eigenvalue weighted by Crippen LogP contribution is 2.32. The molecule has 0 saturated carbocycles. The van der Waals surface area contributed by atoms with Crippen LogP contribution in [0.1, 0.15) is 18.1 Å². The number of methoxy groups -OCH3 is 1. The molecule has 36 heavy (non-hydrogen) atoms. The summed E-state index contributed by atoms with van der Waals surface area (Å²) >= 11 is 0. The number of hydrogen-bond acceptors (Lipinski definition) is 6. The summed E-state index contributed by atoms with van der Waals surface area (Å²) in [5.74, 6) is -2.08. The number of nitrogen functional groups attached to an aromatic ring is 1. The molecule has 0 aliphatic carbocycles. The first-order chi connectivity index (χ1) is 17.0. The molecule has 0 aliphatic heterocycles. The van der Waals surface area contributed by atoms with E-state index in [0.717, 1.165) is 11.1 Å². The SMILES string of the molecule is COc1c(NC(=O)Cc2ccc(-c3ccccc3)c(C(=N)N)c2)cccc1S(=O)(=O)N[C@@H](C)C(=O)O. The fourth-order valence-electron chi connectivity index (χ4n) is 3.56. The van der Waals surface area contributed by atoms with E-state index in [0.29, 0.717) is 11.1 Å². The molecule has 0 aromatic heterocycles. The highest BCUT2D eigenvalue weighted by atomic mass is 32.2. The molecular weight excluding hydrogens is 484 g/mol. The standard InChI is InChI=1S/C25H26N4O6S/c1-15(25(31)32)29-36(33,34)21-10-6-9-20(23(21)35-2)28-22(30)14-16-11-12-18(19(13-16)24(26)27)17-7-4-3-5-8-17/h3-13,15,29H,14H2,1-2H3,(H3,26,27)(H,28,30)(H,31,32)/t15-/m0/s1. The molecule has 0 saturated heterocycles. The fraction of sp³-hybridized carbons (Fsp3) is 0.160. The number of carboxylic acids is 1. The second-order valence-corrected chi connectivity index (χ2v) is 9.59. The van der Waals surface area contributed by atoms with Gasteiger partial charge in [0.15, 0.2) is 5.75 Å². The van der Waals surface area contributed by atoms with Crippen LogP contribution in [0.5, 0.6) is 5.75 Å². The van der Waals surface area contributed by atoms with Gasteiger partial charge in [-0.05, 0) is 41.8 Å². The van der Waals surface area contributed by atoms with Gasteiger partial charge in [0.2, 0.25) is 15.9 Å². The number of carbonyl (C=O) groups is 2. The van der Waals surface area contributed by atoms with Crippen LogP contribution in [0.4, 0.5) is 5.69 Å². The number of aliphatic carboxylic acids is 1. The average molecular weight is 511 g/mol. The van der Waals surface area contributed by atoms with Gasteiger partial charge in [0, 0.05) is 5.56 Å². The number of amides is 1. The molecule has 3 aromatic carbocycles. The van der Waals surface area contributed by atoms with Crippen LogP contribution in [0.3, 0.4) is 0 Å². The van der Waals surface area contributed by atoms with Crippen molar-refractivity contribution in [1.29, 1.82) is 5.41 Å². The lowest BCUT2D eigenvalue weighted by molar-refractivity contribution is -0.138. The quantitative estimate of drug-likeness (QED) is 0.206. The number of benzene rings is 3. The molecule has 188 valence electrons. The zero-order chi connectivity index (χ0) is 26.5. The van der Waals surface area contributed by atoms with Gasteiger partial charge in [-0.15, -0.1) is 0 Å². The Labute approximate surface area is 208 Å². The minimum atomic E-state index is -4.26. The van der Waals surface area contributed by atoms with E-state index in [9.17, 15) is 18.0 Å². The summed E-state index contributed by atoms with van der Waals surface area (Å²) in [5.41, 5.74) is 8.61. The van der Waals surface area contributed by atoms with Crippen LogP contribution >= 0.6 is 0 Å². The molecule has 10 nitrogen and oxygen atoms in total. The normalized spacial score (nSPS) is 11.9. The van der Waals surface area contributed by atoms with Gasteiger partial charge >= 0.3 is 5.97 Å². The van der Waals surface area contributed by atoms with Crippen LogP contribution in [-0.2, 0) is 26.0 Å². The predicted molar refractivity (Wildman–Crippen MR) is 136 cm³/mol. The van der Waals surface area contributed by atoms with Crippen molar-refractivity contribution in [3.8, 4) is 16.9 Å². The molecule has 1 amide bonds. The third kappa shape index (κ3) is 6.06. The van der Waals surface area contributed by atoms with Gasteiger partial charge in [0.1, 0.15) is 16.8 Å². The highest BCUT2D eigenvalue weighted by molar-refractivity contribution is 7.89. The summed E-state index contributed by atoms with van der Waals surface area (Å²) in [7, 11) is -3.01. The van der Waals surface area contributed by atoms with E-state index in [1.54, 1.807) is 18.2 Å². The second-order valence-electron chi connectivity index (χ2n) is 7.90. The number of anilines is 1. The number of para-hydroxylation sites is 1. The van der Waals surface area contributed by atoms with E-state index in [2.05, 4.69) is 10.0 Å². The molecule has 0 fully saturated rings. The lowest BCUT2D eigenvalue weighted by Crippen LogP contribution is -2.38. The summed E-state index contributed by atoms with van der Waals surface area (Å²) in [5, 5.41) is 19.6. The van der Waals surface area contributed by atoms with Crippen molar-refractivity contribution in [2.75, 3.05) is 12.4 Å². The molecule has 1 atom stereocenters. The number of hydrogen-bond donors (Lipinski definition) is 5. The van der Waals surface area contributed by atoms with E-state index in [1.807, 2.05) is 30.3 Å². The number of carbonyl (C=O) groups excluding carboxylic acids is 1. The monoisotopic (exact) mass is 510 g/mol. The van der Waals surface area contributed by atoms with Crippen molar-refractivity contribution in [2.45, 2.75) is 24.3 Å². The molecule has 0 unspecified atom stereocenters. The smallest absolute Gasteiger partial charge is 0.321 e. The van der Waals surface area contributed by atoms with Crippen LogP contribution in [0.15, 0.2) is 71.6 Å². The van der Waals surface area contributed by atoms with Crippen LogP contribution in [-0.4, -0.2) is 44.4 Å². The van der Waals surface area contributed by atoms with Crippen molar-refractivity contribution >= 4 is 33.4 Å². The number of sulfonamides is 1. The van der Waals surface area contributed by atoms with Crippen LogP contribution in [0.25, 0.3) is 11.1 Å². The second kappa shape index (κ2) is 11.0. The van der Waals surface area contributed by atoms with Gasteiger partial charge in [-0.1, -0.05) is 48.5 Å². The van der Waals surface area contributed by atoms with Crippen molar-refractivity contribution in [1.82, 2.24) is 4.72 Å². The lowest BCUT2D eigenvalue weighted by Gasteiger charge is -2.16. The Morgan fingerprint density at radius 2 is 1.78 bits per heavy atom. The number of rotatable bonds is 10. The summed E-state index contributed by atoms with van der Waals surface area (Å²) in [6.07, 6.45) is -0.0796. The lowest BCUT2D eigenvalue weighted by atomic mass is 9.96. The van der Waals surface area contributed by atoms with Gasteiger partial charge < -0.3 is 20.9 Å².